The molecule has 0 saturated carbocycles. The number of phenolic OH excluding ortho intramolecular Hbond substituents is 1. The van der Waals surface area contributed by atoms with Gasteiger partial charge in [-0.3, -0.25) is 0 Å². The van der Waals surface area contributed by atoms with E-state index >= 15 is 0 Å². The summed E-state index contributed by atoms with van der Waals surface area (Å²) in [6.07, 6.45) is 0. The third-order valence-corrected chi connectivity index (χ3v) is 1.67. The molecule has 1 rings (SSSR count). The van der Waals surface area contributed by atoms with Crippen molar-refractivity contribution in [1.82, 2.24) is 0 Å². The zero-order valence-corrected chi connectivity index (χ0v) is 6.90. The summed E-state index contributed by atoms with van der Waals surface area (Å²) in [5, 5.41) is 26.5. The first-order valence-corrected chi connectivity index (χ1v) is 3.53. The largest absolute Gasteiger partial charge is 0.506 e. The van der Waals surface area contributed by atoms with E-state index in [0.717, 1.165) is 6.07 Å². The molecule has 0 atom stereocenters. The molecule has 0 amide bonds. The quantitative estimate of drug-likeness (QED) is 0.676. The van der Waals surface area contributed by atoms with Crippen molar-refractivity contribution in [2.45, 2.75) is 6.92 Å². The van der Waals surface area contributed by atoms with Crippen LogP contribution in [0, 0.1) is 18.3 Å². The van der Waals surface area contributed by atoms with Gasteiger partial charge >= 0.3 is 5.97 Å². The van der Waals surface area contributed by atoms with E-state index in [1.54, 1.807) is 13.0 Å². The van der Waals surface area contributed by atoms with E-state index in [1.165, 1.54) is 6.07 Å². The number of nitriles is 1. The van der Waals surface area contributed by atoms with Gasteiger partial charge in [0.25, 0.3) is 0 Å². The number of aryl methyl sites for hydroxylation is 1. The number of hydrogen-bond acceptors (Lipinski definition) is 3. The Labute approximate surface area is 74.7 Å². The minimum atomic E-state index is -1.11. The van der Waals surface area contributed by atoms with Crippen LogP contribution in [0.25, 0.3) is 0 Å². The second-order valence-electron chi connectivity index (χ2n) is 2.61. The minimum absolute atomic E-state index is 0.00634. The van der Waals surface area contributed by atoms with Crippen LogP contribution in [-0.4, -0.2) is 16.2 Å². The topological polar surface area (TPSA) is 81.3 Å². The highest BCUT2D eigenvalue weighted by molar-refractivity contribution is 5.88. The molecule has 0 saturated heterocycles. The van der Waals surface area contributed by atoms with Crippen molar-refractivity contribution >= 4 is 5.97 Å². The standard InChI is InChI=1S/C9H7NO3/c1-5-2-6(9(12)13)3-7(4-10)8(5)11/h2-3,11H,1H3,(H,12,13). The van der Waals surface area contributed by atoms with Crippen molar-refractivity contribution in [3.05, 3.63) is 28.8 Å². The van der Waals surface area contributed by atoms with Crippen molar-refractivity contribution in [1.29, 1.82) is 5.26 Å². The molecule has 1 aromatic carbocycles. The molecule has 0 aromatic heterocycles. The average Bonchev–Trinajstić information content (AvgIpc) is 2.09. The van der Waals surface area contributed by atoms with Crippen molar-refractivity contribution in [2.24, 2.45) is 0 Å². The van der Waals surface area contributed by atoms with Gasteiger partial charge in [-0.2, -0.15) is 5.26 Å². The molecule has 0 fully saturated rings. The van der Waals surface area contributed by atoms with Crippen LogP contribution in [0.4, 0.5) is 0 Å². The summed E-state index contributed by atoms with van der Waals surface area (Å²) >= 11 is 0. The molecule has 0 bridgehead atoms. The van der Waals surface area contributed by atoms with Crippen LogP contribution in [0.1, 0.15) is 21.5 Å². The predicted molar refractivity (Wildman–Crippen MR) is 44.5 cm³/mol. The first-order chi connectivity index (χ1) is 6.06. The Hall–Kier alpha value is -2.02. The number of phenols is 1. The number of carboxylic acid groups (broad SMARTS) is 1. The molecule has 0 aliphatic carbocycles. The molecule has 0 aliphatic rings. The van der Waals surface area contributed by atoms with Gasteiger partial charge in [-0.1, -0.05) is 0 Å². The van der Waals surface area contributed by atoms with E-state index in [2.05, 4.69) is 0 Å². The van der Waals surface area contributed by atoms with E-state index in [1.807, 2.05) is 0 Å². The minimum Gasteiger partial charge on any atom is -0.506 e. The maximum Gasteiger partial charge on any atom is 0.335 e. The Morgan fingerprint density at radius 2 is 2.15 bits per heavy atom. The van der Waals surface area contributed by atoms with Gasteiger partial charge in [0.05, 0.1) is 11.1 Å². The average molecular weight is 177 g/mol. The summed E-state index contributed by atoms with van der Waals surface area (Å²) in [6, 6.07) is 4.18. The van der Waals surface area contributed by atoms with Gasteiger partial charge < -0.3 is 10.2 Å². The summed E-state index contributed by atoms with van der Waals surface area (Å²) < 4.78 is 0. The van der Waals surface area contributed by atoms with Crippen LogP contribution in [0.3, 0.4) is 0 Å². The van der Waals surface area contributed by atoms with Gasteiger partial charge in [0.1, 0.15) is 11.8 Å². The fraction of sp³-hybridized carbons (Fsp3) is 0.111. The zero-order chi connectivity index (χ0) is 10.0. The Bertz CT molecular complexity index is 404. The fourth-order valence-electron chi connectivity index (χ4n) is 0.988. The van der Waals surface area contributed by atoms with Crippen LogP contribution >= 0.6 is 0 Å². The number of hydrogen-bond donors (Lipinski definition) is 2. The third-order valence-electron chi connectivity index (χ3n) is 1.67. The number of carboxylic acids is 1. The van der Waals surface area contributed by atoms with Crippen LogP contribution in [-0.2, 0) is 0 Å². The number of carbonyl (C=O) groups is 1. The molecule has 0 unspecified atom stereocenters. The highest BCUT2D eigenvalue weighted by Gasteiger charge is 2.10. The summed E-state index contributed by atoms with van der Waals surface area (Å²) in [5.41, 5.74) is 0.376. The molecule has 0 spiro atoms. The summed E-state index contributed by atoms with van der Waals surface area (Å²) in [7, 11) is 0. The van der Waals surface area contributed by atoms with Crippen molar-refractivity contribution in [3.8, 4) is 11.8 Å². The number of benzene rings is 1. The Morgan fingerprint density at radius 1 is 1.54 bits per heavy atom. The monoisotopic (exact) mass is 177 g/mol. The molecular formula is C9H7NO3. The van der Waals surface area contributed by atoms with E-state index < -0.39 is 5.97 Å². The maximum absolute atomic E-state index is 10.5. The summed E-state index contributed by atoms with van der Waals surface area (Å²) in [5.74, 6) is -1.27. The SMILES string of the molecule is Cc1cc(C(=O)O)cc(C#N)c1O. The smallest absolute Gasteiger partial charge is 0.335 e. The first-order valence-electron chi connectivity index (χ1n) is 3.53. The molecule has 13 heavy (non-hydrogen) atoms. The molecule has 2 N–H and O–H groups in total. The molecule has 1 aromatic rings. The van der Waals surface area contributed by atoms with Crippen molar-refractivity contribution < 1.29 is 15.0 Å². The Balaban J connectivity index is 3.41. The second-order valence-corrected chi connectivity index (χ2v) is 2.61. The van der Waals surface area contributed by atoms with Gasteiger partial charge in [-0.05, 0) is 24.6 Å². The summed E-state index contributed by atoms with van der Waals surface area (Å²) in [6.45, 7) is 1.54. The predicted octanol–water partition coefficient (Wildman–Crippen LogP) is 1.27. The third kappa shape index (κ3) is 1.59. The lowest BCUT2D eigenvalue weighted by Crippen LogP contribution is -1.97. The van der Waals surface area contributed by atoms with Crippen LogP contribution < -0.4 is 0 Å². The highest BCUT2D eigenvalue weighted by atomic mass is 16.4. The zero-order valence-electron chi connectivity index (χ0n) is 6.90. The molecule has 0 heterocycles. The molecule has 4 heteroatoms. The number of rotatable bonds is 1. The van der Waals surface area contributed by atoms with E-state index in [4.69, 9.17) is 10.4 Å². The van der Waals surface area contributed by atoms with Gasteiger partial charge in [-0.25, -0.2) is 4.79 Å². The Morgan fingerprint density at radius 3 is 2.62 bits per heavy atom. The normalized spacial score (nSPS) is 9.23. The lowest BCUT2D eigenvalue weighted by molar-refractivity contribution is 0.0696. The van der Waals surface area contributed by atoms with Crippen LogP contribution in [0.15, 0.2) is 12.1 Å². The van der Waals surface area contributed by atoms with Crippen molar-refractivity contribution in [3.63, 3.8) is 0 Å². The van der Waals surface area contributed by atoms with Gasteiger partial charge in [0.15, 0.2) is 0 Å². The van der Waals surface area contributed by atoms with Crippen LogP contribution in [0.2, 0.25) is 0 Å². The first kappa shape index (κ1) is 9.07. The van der Waals surface area contributed by atoms with Gasteiger partial charge in [-0.15, -0.1) is 0 Å². The Kier molecular flexibility index (Phi) is 2.20. The van der Waals surface area contributed by atoms with Gasteiger partial charge in [0, 0.05) is 0 Å². The summed E-state index contributed by atoms with van der Waals surface area (Å²) in [4.78, 5) is 10.5. The highest BCUT2D eigenvalue weighted by Crippen LogP contribution is 2.22. The molecule has 0 aliphatic heterocycles. The number of aromatic carboxylic acids is 1. The van der Waals surface area contributed by atoms with Crippen molar-refractivity contribution in [2.75, 3.05) is 0 Å². The number of aromatic hydroxyl groups is 1. The molecule has 66 valence electrons. The number of nitrogens with zero attached hydrogens (tertiary/aromatic N) is 1. The van der Waals surface area contributed by atoms with Crippen LogP contribution in [0.5, 0.6) is 5.75 Å². The van der Waals surface area contributed by atoms with E-state index in [-0.39, 0.29) is 16.9 Å². The maximum atomic E-state index is 10.5. The molecule has 0 radical (unpaired) electrons. The molecule has 4 nitrogen and oxygen atoms in total. The van der Waals surface area contributed by atoms with Gasteiger partial charge in [0.2, 0.25) is 0 Å². The lowest BCUT2D eigenvalue weighted by Gasteiger charge is -2.02. The second kappa shape index (κ2) is 3.15. The van der Waals surface area contributed by atoms with E-state index in [0.29, 0.717) is 5.56 Å². The lowest BCUT2D eigenvalue weighted by atomic mass is 10.1. The molecular weight excluding hydrogens is 170 g/mol. The fourth-order valence-corrected chi connectivity index (χ4v) is 0.988. The van der Waals surface area contributed by atoms with E-state index in [9.17, 15) is 9.90 Å².